The third-order valence-electron chi connectivity index (χ3n) is 2.51. The van der Waals surface area contributed by atoms with Gasteiger partial charge in [-0.2, -0.15) is 10.4 Å². The molecule has 2 N–H and O–H groups in total. The van der Waals surface area contributed by atoms with Gasteiger partial charge >= 0.3 is 0 Å². The van der Waals surface area contributed by atoms with Crippen LogP contribution in [0.3, 0.4) is 0 Å². The summed E-state index contributed by atoms with van der Waals surface area (Å²) in [6.07, 6.45) is 1.74. The van der Waals surface area contributed by atoms with E-state index in [1.165, 1.54) is 6.07 Å². The molecule has 86 valence electrons. The van der Waals surface area contributed by atoms with Crippen molar-refractivity contribution in [3.63, 3.8) is 0 Å². The van der Waals surface area contributed by atoms with Crippen LogP contribution in [0, 0.1) is 24.1 Å². The number of nitriles is 1. The van der Waals surface area contributed by atoms with Gasteiger partial charge in [0.2, 0.25) is 0 Å². The van der Waals surface area contributed by atoms with Crippen molar-refractivity contribution in [2.45, 2.75) is 13.5 Å². The first-order valence-electron chi connectivity index (χ1n) is 5.09. The van der Waals surface area contributed by atoms with E-state index in [1.54, 1.807) is 23.0 Å². The van der Waals surface area contributed by atoms with Crippen LogP contribution in [0.1, 0.15) is 16.7 Å². The van der Waals surface area contributed by atoms with Crippen LogP contribution in [0.25, 0.3) is 0 Å². The number of nitrogens with zero attached hydrogens (tertiary/aromatic N) is 3. The summed E-state index contributed by atoms with van der Waals surface area (Å²) in [5.41, 5.74) is 6.92. The largest absolute Gasteiger partial charge is 0.382 e. The molecule has 1 heterocycles. The van der Waals surface area contributed by atoms with Gasteiger partial charge < -0.3 is 5.73 Å². The highest BCUT2D eigenvalue weighted by atomic mass is 19.1. The zero-order chi connectivity index (χ0) is 12.4. The Hall–Kier alpha value is -2.35. The van der Waals surface area contributed by atoms with Crippen molar-refractivity contribution in [3.8, 4) is 6.07 Å². The molecule has 17 heavy (non-hydrogen) atoms. The molecule has 2 rings (SSSR count). The fourth-order valence-electron chi connectivity index (χ4n) is 1.58. The number of aryl methyl sites for hydroxylation is 1. The van der Waals surface area contributed by atoms with Gasteiger partial charge in [0.05, 0.1) is 12.1 Å². The van der Waals surface area contributed by atoms with Gasteiger partial charge in [0.25, 0.3) is 0 Å². The quantitative estimate of drug-likeness (QED) is 0.855. The van der Waals surface area contributed by atoms with E-state index >= 15 is 0 Å². The Labute approximate surface area is 98.1 Å². The monoisotopic (exact) mass is 230 g/mol. The molecule has 0 aliphatic heterocycles. The minimum absolute atomic E-state index is 0.0411. The molecule has 1 aromatic heterocycles. The molecule has 0 aliphatic carbocycles. The minimum atomic E-state index is -0.498. The molecule has 2 aromatic rings. The van der Waals surface area contributed by atoms with Crippen molar-refractivity contribution < 1.29 is 4.39 Å². The summed E-state index contributed by atoms with van der Waals surface area (Å²) in [5.74, 6) is -0.0661. The lowest BCUT2D eigenvalue weighted by Crippen LogP contribution is -2.04. The van der Waals surface area contributed by atoms with Gasteiger partial charge in [0.15, 0.2) is 0 Å². The van der Waals surface area contributed by atoms with Crippen LogP contribution in [0.15, 0.2) is 24.4 Å². The van der Waals surface area contributed by atoms with E-state index in [-0.39, 0.29) is 12.1 Å². The first-order chi connectivity index (χ1) is 8.11. The number of anilines is 1. The number of halogens is 1. The lowest BCUT2D eigenvalue weighted by molar-refractivity contribution is 0.582. The van der Waals surface area contributed by atoms with E-state index in [0.29, 0.717) is 11.4 Å². The Kier molecular flexibility index (Phi) is 2.79. The summed E-state index contributed by atoms with van der Waals surface area (Å²) >= 11 is 0. The Morgan fingerprint density at radius 2 is 2.29 bits per heavy atom. The Bertz CT molecular complexity index is 576. The summed E-state index contributed by atoms with van der Waals surface area (Å²) in [7, 11) is 0. The second-order valence-corrected chi connectivity index (χ2v) is 3.79. The van der Waals surface area contributed by atoms with Crippen LogP contribution in [0.2, 0.25) is 0 Å². The average molecular weight is 230 g/mol. The van der Waals surface area contributed by atoms with Crippen molar-refractivity contribution in [1.82, 2.24) is 9.78 Å². The molecular formula is C12H11FN4. The van der Waals surface area contributed by atoms with Crippen molar-refractivity contribution in [3.05, 3.63) is 46.9 Å². The van der Waals surface area contributed by atoms with Gasteiger partial charge in [-0.15, -0.1) is 0 Å². The van der Waals surface area contributed by atoms with Crippen LogP contribution in [0.4, 0.5) is 10.2 Å². The summed E-state index contributed by atoms with van der Waals surface area (Å²) < 4.78 is 15.3. The highest BCUT2D eigenvalue weighted by molar-refractivity contribution is 5.37. The maximum atomic E-state index is 13.8. The molecule has 0 spiro atoms. The van der Waals surface area contributed by atoms with Crippen LogP contribution in [0.5, 0.6) is 0 Å². The maximum Gasteiger partial charge on any atom is 0.148 e. The third-order valence-corrected chi connectivity index (χ3v) is 2.51. The summed E-state index contributed by atoms with van der Waals surface area (Å²) in [4.78, 5) is 0. The van der Waals surface area contributed by atoms with Crippen LogP contribution < -0.4 is 5.73 Å². The number of benzene rings is 1. The number of hydrogen-bond acceptors (Lipinski definition) is 3. The topological polar surface area (TPSA) is 67.6 Å². The number of hydrogen-bond donors (Lipinski definition) is 1. The van der Waals surface area contributed by atoms with Crippen molar-refractivity contribution in [2.75, 3.05) is 5.73 Å². The van der Waals surface area contributed by atoms with Crippen LogP contribution in [-0.2, 0) is 6.54 Å². The van der Waals surface area contributed by atoms with E-state index in [1.807, 2.05) is 13.0 Å². The van der Waals surface area contributed by atoms with E-state index in [0.717, 1.165) is 5.56 Å². The fraction of sp³-hybridized carbons (Fsp3) is 0.167. The number of rotatable bonds is 2. The molecule has 1 aromatic carbocycles. The summed E-state index contributed by atoms with van der Waals surface area (Å²) in [6, 6.07) is 6.53. The van der Waals surface area contributed by atoms with Gasteiger partial charge in [-0.05, 0) is 13.0 Å². The van der Waals surface area contributed by atoms with Crippen LogP contribution in [-0.4, -0.2) is 9.78 Å². The molecule has 0 bridgehead atoms. The second kappa shape index (κ2) is 4.26. The van der Waals surface area contributed by atoms with Crippen molar-refractivity contribution in [2.24, 2.45) is 0 Å². The Morgan fingerprint density at radius 1 is 1.53 bits per heavy atom. The highest BCUT2D eigenvalue weighted by Gasteiger charge is 2.09. The van der Waals surface area contributed by atoms with Gasteiger partial charge in [-0.3, -0.25) is 4.68 Å². The van der Waals surface area contributed by atoms with Gasteiger partial charge in [0.1, 0.15) is 17.7 Å². The summed E-state index contributed by atoms with van der Waals surface area (Å²) in [6.45, 7) is 2.10. The Morgan fingerprint density at radius 3 is 2.88 bits per heavy atom. The SMILES string of the molecule is Cc1cn(Cc2cccc(C#N)c2F)nc1N. The highest BCUT2D eigenvalue weighted by Crippen LogP contribution is 2.14. The van der Waals surface area contributed by atoms with Crippen molar-refractivity contribution in [1.29, 1.82) is 5.26 Å². The number of nitrogen functional groups attached to an aromatic ring is 1. The first-order valence-corrected chi connectivity index (χ1v) is 5.09. The van der Waals surface area contributed by atoms with E-state index in [2.05, 4.69) is 5.10 Å². The molecule has 0 saturated carbocycles. The normalized spacial score (nSPS) is 10.2. The Balaban J connectivity index is 2.34. The lowest BCUT2D eigenvalue weighted by atomic mass is 10.1. The molecule has 5 heteroatoms. The molecule has 0 aliphatic rings. The maximum absolute atomic E-state index is 13.8. The number of aromatic nitrogens is 2. The zero-order valence-corrected chi connectivity index (χ0v) is 9.31. The van der Waals surface area contributed by atoms with E-state index in [9.17, 15) is 4.39 Å². The lowest BCUT2D eigenvalue weighted by Gasteiger charge is -2.04. The zero-order valence-electron chi connectivity index (χ0n) is 9.31. The second-order valence-electron chi connectivity index (χ2n) is 3.79. The van der Waals surface area contributed by atoms with Crippen LogP contribution >= 0.6 is 0 Å². The molecule has 0 saturated heterocycles. The number of nitrogens with two attached hydrogens (primary N) is 1. The molecular weight excluding hydrogens is 219 g/mol. The van der Waals surface area contributed by atoms with Crippen molar-refractivity contribution >= 4 is 5.82 Å². The molecule has 4 nitrogen and oxygen atoms in total. The van der Waals surface area contributed by atoms with Gasteiger partial charge in [-0.25, -0.2) is 4.39 Å². The predicted molar refractivity (Wildman–Crippen MR) is 61.6 cm³/mol. The van der Waals surface area contributed by atoms with E-state index < -0.39 is 5.82 Å². The minimum Gasteiger partial charge on any atom is -0.382 e. The molecule has 0 fully saturated rings. The first kappa shape index (κ1) is 11.1. The van der Waals surface area contributed by atoms with Gasteiger partial charge in [0, 0.05) is 17.3 Å². The molecule has 0 amide bonds. The standard InChI is InChI=1S/C12H11FN4/c1-8-6-17(16-12(8)15)7-10-4-2-3-9(5-14)11(10)13/h2-4,6H,7H2,1H3,(H2,15,16). The summed E-state index contributed by atoms with van der Waals surface area (Å²) in [5, 5.41) is 12.8. The fourth-order valence-corrected chi connectivity index (χ4v) is 1.58. The third kappa shape index (κ3) is 2.11. The molecule has 0 radical (unpaired) electrons. The van der Waals surface area contributed by atoms with Gasteiger partial charge in [-0.1, -0.05) is 12.1 Å². The predicted octanol–water partition coefficient (Wildman–Crippen LogP) is 1.83. The average Bonchev–Trinajstić information content (AvgIpc) is 2.61. The molecule has 0 atom stereocenters. The smallest absolute Gasteiger partial charge is 0.148 e. The molecule has 0 unspecified atom stereocenters. The van der Waals surface area contributed by atoms with E-state index in [4.69, 9.17) is 11.0 Å².